The Balaban J connectivity index is 1.29. The Morgan fingerprint density at radius 2 is 1.71 bits per heavy atom. The highest BCUT2D eigenvalue weighted by Gasteiger charge is 2.20. The molecule has 4 rings (SSSR count). The van der Waals surface area contributed by atoms with E-state index in [4.69, 9.17) is 16.3 Å². The molecule has 146 valence electrons. The van der Waals surface area contributed by atoms with Crippen molar-refractivity contribution >= 4 is 28.2 Å². The Morgan fingerprint density at radius 1 is 0.964 bits per heavy atom. The van der Waals surface area contributed by atoms with Crippen molar-refractivity contribution in [2.45, 2.75) is 6.10 Å². The zero-order valence-electron chi connectivity index (χ0n) is 15.7. The standard InChI is InChI=1S/C22H24ClN3O2/c23-20-8-9-21(19-6-2-1-5-18(19)20)28-16-17(27)15-25-11-13-26(14-12-25)22-7-3-4-10-24-22/h1-10,17,27H,11-16H2/t17-/m0/s1. The van der Waals surface area contributed by atoms with E-state index in [0.29, 0.717) is 11.6 Å². The lowest BCUT2D eigenvalue weighted by molar-refractivity contribution is 0.0668. The van der Waals surface area contributed by atoms with Crippen molar-refractivity contribution in [1.29, 1.82) is 0 Å². The largest absolute Gasteiger partial charge is 0.490 e. The average molecular weight is 398 g/mol. The van der Waals surface area contributed by atoms with Gasteiger partial charge in [0.2, 0.25) is 0 Å². The number of halogens is 1. The summed E-state index contributed by atoms with van der Waals surface area (Å²) in [7, 11) is 0. The highest BCUT2D eigenvalue weighted by atomic mass is 35.5. The number of nitrogens with zero attached hydrogens (tertiary/aromatic N) is 3. The molecule has 0 radical (unpaired) electrons. The van der Waals surface area contributed by atoms with Crippen LogP contribution in [0.15, 0.2) is 60.8 Å². The highest BCUT2D eigenvalue weighted by molar-refractivity contribution is 6.35. The molecule has 5 nitrogen and oxygen atoms in total. The summed E-state index contributed by atoms with van der Waals surface area (Å²) in [5.41, 5.74) is 0. The lowest BCUT2D eigenvalue weighted by Crippen LogP contribution is -2.49. The van der Waals surface area contributed by atoms with Gasteiger partial charge in [0, 0.05) is 54.7 Å². The molecule has 0 amide bonds. The molecule has 6 heteroatoms. The fraction of sp³-hybridized carbons (Fsp3) is 0.318. The summed E-state index contributed by atoms with van der Waals surface area (Å²) in [6.45, 7) is 4.47. The second-order valence-corrected chi connectivity index (χ2v) is 7.44. The zero-order chi connectivity index (χ0) is 19.3. The molecule has 2 heterocycles. The maximum absolute atomic E-state index is 10.5. The lowest BCUT2D eigenvalue weighted by atomic mass is 10.1. The van der Waals surface area contributed by atoms with E-state index in [1.54, 1.807) is 0 Å². The van der Waals surface area contributed by atoms with E-state index >= 15 is 0 Å². The van der Waals surface area contributed by atoms with Crippen molar-refractivity contribution in [1.82, 2.24) is 9.88 Å². The number of rotatable bonds is 6. The van der Waals surface area contributed by atoms with Gasteiger partial charge >= 0.3 is 0 Å². The van der Waals surface area contributed by atoms with Crippen LogP contribution in [0, 0.1) is 0 Å². The Kier molecular flexibility index (Phi) is 5.95. The average Bonchev–Trinajstić information content (AvgIpc) is 2.75. The van der Waals surface area contributed by atoms with Gasteiger partial charge in [0.1, 0.15) is 24.3 Å². The molecule has 1 fully saturated rings. The Labute approximate surface area is 170 Å². The summed E-state index contributed by atoms with van der Waals surface area (Å²) in [6.07, 6.45) is 1.28. The van der Waals surface area contributed by atoms with E-state index < -0.39 is 6.10 Å². The summed E-state index contributed by atoms with van der Waals surface area (Å²) in [6, 6.07) is 17.6. The van der Waals surface area contributed by atoms with Gasteiger partial charge in [-0.3, -0.25) is 4.90 Å². The van der Waals surface area contributed by atoms with E-state index in [0.717, 1.165) is 48.5 Å². The second kappa shape index (κ2) is 8.78. The van der Waals surface area contributed by atoms with Gasteiger partial charge in [-0.15, -0.1) is 0 Å². The number of ether oxygens (including phenoxy) is 1. The van der Waals surface area contributed by atoms with E-state index in [1.165, 1.54) is 0 Å². The first-order valence-electron chi connectivity index (χ1n) is 9.57. The van der Waals surface area contributed by atoms with Crippen LogP contribution in [0.4, 0.5) is 5.82 Å². The van der Waals surface area contributed by atoms with Crippen LogP contribution in [-0.4, -0.2) is 60.4 Å². The van der Waals surface area contributed by atoms with Gasteiger partial charge in [-0.2, -0.15) is 0 Å². The second-order valence-electron chi connectivity index (χ2n) is 7.03. The smallest absolute Gasteiger partial charge is 0.128 e. The van der Waals surface area contributed by atoms with Gasteiger partial charge in [0.25, 0.3) is 0 Å². The Bertz CT molecular complexity index is 914. The first-order valence-corrected chi connectivity index (χ1v) is 9.95. The SMILES string of the molecule is O[C@H](COc1ccc(Cl)c2ccccc12)CN1CCN(c2ccccn2)CC1. The van der Waals surface area contributed by atoms with Crippen LogP contribution < -0.4 is 9.64 Å². The summed E-state index contributed by atoms with van der Waals surface area (Å²) < 4.78 is 5.91. The molecule has 0 saturated carbocycles. The number of β-amino-alcohol motifs (C(OH)–C–C–N with tert-alkyl or cyclic N) is 1. The van der Waals surface area contributed by atoms with E-state index in [9.17, 15) is 5.11 Å². The van der Waals surface area contributed by atoms with Crippen LogP contribution >= 0.6 is 11.6 Å². The number of aliphatic hydroxyl groups excluding tert-OH is 1. The fourth-order valence-electron chi connectivity index (χ4n) is 3.60. The summed E-state index contributed by atoms with van der Waals surface area (Å²) >= 11 is 6.26. The van der Waals surface area contributed by atoms with Gasteiger partial charge in [0.05, 0.1) is 0 Å². The van der Waals surface area contributed by atoms with Crippen molar-refractivity contribution in [3.8, 4) is 5.75 Å². The lowest BCUT2D eigenvalue weighted by Gasteiger charge is -2.36. The number of fused-ring (bicyclic) bond motifs is 1. The van der Waals surface area contributed by atoms with Crippen LogP contribution in [0.25, 0.3) is 10.8 Å². The number of benzene rings is 2. The van der Waals surface area contributed by atoms with Gasteiger partial charge < -0.3 is 14.7 Å². The minimum atomic E-state index is -0.546. The third kappa shape index (κ3) is 4.38. The van der Waals surface area contributed by atoms with Crippen LogP contribution in [-0.2, 0) is 0 Å². The molecule has 0 unspecified atom stereocenters. The molecule has 28 heavy (non-hydrogen) atoms. The molecular weight excluding hydrogens is 374 g/mol. The normalized spacial score (nSPS) is 16.3. The van der Waals surface area contributed by atoms with Crippen LogP contribution in [0.3, 0.4) is 0 Å². The third-order valence-electron chi connectivity index (χ3n) is 5.08. The number of aliphatic hydroxyl groups is 1. The fourth-order valence-corrected chi connectivity index (χ4v) is 3.83. The topological polar surface area (TPSA) is 48.8 Å². The number of piperazine rings is 1. The quantitative estimate of drug-likeness (QED) is 0.690. The maximum atomic E-state index is 10.5. The van der Waals surface area contributed by atoms with Gasteiger partial charge in [0.15, 0.2) is 0 Å². The van der Waals surface area contributed by atoms with Crippen molar-refractivity contribution < 1.29 is 9.84 Å². The Hall–Kier alpha value is -2.34. The molecule has 1 atom stereocenters. The molecule has 3 aromatic rings. The molecule has 1 N–H and O–H groups in total. The van der Waals surface area contributed by atoms with E-state index in [-0.39, 0.29) is 6.61 Å². The molecule has 0 bridgehead atoms. The van der Waals surface area contributed by atoms with Crippen LogP contribution in [0.1, 0.15) is 0 Å². The number of aromatic nitrogens is 1. The predicted octanol–water partition coefficient (Wildman–Crippen LogP) is 3.45. The zero-order valence-corrected chi connectivity index (χ0v) is 16.4. The maximum Gasteiger partial charge on any atom is 0.128 e. The van der Waals surface area contributed by atoms with E-state index in [1.807, 2.05) is 60.8 Å². The van der Waals surface area contributed by atoms with Gasteiger partial charge in [-0.25, -0.2) is 4.98 Å². The Morgan fingerprint density at radius 3 is 2.46 bits per heavy atom. The van der Waals surface area contributed by atoms with Crippen LogP contribution in [0.5, 0.6) is 5.75 Å². The molecular formula is C22H24ClN3O2. The predicted molar refractivity (Wildman–Crippen MR) is 113 cm³/mol. The molecule has 1 saturated heterocycles. The van der Waals surface area contributed by atoms with Gasteiger partial charge in [-0.05, 0) is 24.3 Å². The molecule has 2 aromatic carbocycles. The summed E-state index contributed by atoms with van der Waals surface area (Å²) in [5, 5.41) is 13.1. The third-order valence-corrected chi connectivity index (χ3v) is 5.41. The van der Waals surface area contributed by atoms with E-state index in [2.05, 4.69) is 14.8 Å². The summed E-state index contributed by atoms with van der Waals surface area (Å²) in [4.78, 5) is 8.96. The van der Waals surface area contributed by atoms with Crippen molar-refractivity contribution in [2.24, 2.45) is 0 Å². The molecule has 1 aromatic heterocycles. The number of hydrogen-bond donors (Lipinski definition) is 1. The highest BCUT2D eigenvalue weighted by Crippen LogP contribution is 2.31. The monoisotopic (exact) mass is 397 g/mol. The first-order chi connectivity index (χ1) is 13.7. The van der Waals surface area contributed by atoms with Crippen molar-refractivity contribution in [3.63, 3.8) is 0 Å². The number of anilines is 1. The molecule has 1 aliphatic heterocycles. The molecule has 0 aliphatic carbocycles. The molecule has 0 spiro atoms. The number of hydrogen-bond acceptors (Lipinski definition) is 5. The van der Waals surface area contributed by atoms with Crippen LogP contribution in [0.2, 0.25) is 5.02 Å². The molecule has 1 aliphatic rings. The number of pyridine rings is 1. The van der Waals surface area contributed by atoms with Crippen molar-refractivity contribution in [3.05, 3.63) is 65.8 Å². The minimum Gasteiger partial charge on any atom is -0.490 e. The van der Waals surface area contributed by atoms with Gasteiger partial charge in [-0.1, -0.05) is 41.9 Å². The first kappa shape index (κ1) is 19.0. The minimum absolute atomic E-state index is 0.256. The van der Waals surface area contributed by atoms with Crippen molar-refractivity contribution in [2.75, 3.05) is 44.2 Å². The summed E-state index contributed by atoms with van der Waals surface area (Å²) in [5.74, 6) is 1.76.